The fourth-order valence-electron chi connectivity index (χ4n) is 2.64. The molecule has 3 N–H and O–H groups in total. The molecular weight excluding hydrogens is 254 g/mol. The van der Waals surface area contributed by atoms with Gasteiger partial charge in [-0.15, -0.1) is 0 Å². The van der Waals surface area contributed by atoms with Gasteiger partial charge in [0.25, 0.3) is 0 Å². The van der Waals surface area contributed by atoms with Crippen LogP contribution in [0, 0.1) is 0 Å². The Bertz CT molecular complexity index is 636. The Morgan fingerprint density at radius 2 is 1.80 bits per heavy atom. The Labute approximate surface area is 116 Å². The minimum atomic E-state index is -0.942. The van der Waals surface area contributed by atoms with E-state index in [1.54, 1.807) is 24.3 Å². The maximum Gasteiger partial charge on any atom is 0.335 e. The highest BCUT2D eigenvalue weighted by molar-refractivity contribution is 5.88. The molecule has 0 aliphatic heterocycles. The zero-order chi connectivity index (χ0) is 14.1. The van der Waals surface area contributed by atoms with Crippen LogP contribution in [0.2, 0.25) is 0 Å². The van der Waals surface area contributed by atoms with Gasteiger partial charge >= 0.3 is 5.97 Å². The lowest BCUT2D eigenvalue weighted by molar-refractivity contribution is 0.0697. The smallest absolute Gasteiger partial charge is 0.335 e. The van der Waals surface area contributed by atoms with Gasteiger partial charge < -0.3 is 15.5 Å². The number of rotatable bonds is 3. The molecule has 2 aromatic carbocycles. The molecule has 2 aromatic rings. The minimum absolute atomic E-state index is 0.151. The topological polar surface area (TPSA) is 69.6 Å². The van der Waals surface area contributed by atoms with Gasteiger partial charge in [-0.1, -0.05) is 24.3 Å². The summed E-state index contributed by atoms with van der Waals surface area (Å²) in [7, 11) is 0. The van der Waals surface area contributed by atoms with Crippen molar-refractivity contribution in [2.45, 2.75) is 18.6 Å². The van der Waals surface area contributed by atoms with Crippen molar-refractivity contribution in [3.63, 3.8) is 0 Å². The van der Waals surface area contributed by atoms with Crippen molar-refractivity contribution in [3.05, 3.63) is 65.2 Å². The van der Waals surface area contributed by atoms with Crippen LogP contribution in [0.15, 0.2) is 48.5 Å². The number of fused-ring (bicyclic) bond motifs is 1. The molecule has 2 atom stereocenters. The van der Waals surface area contributed by atoms with Crippen LogP contribution in [0.3, 0.4) is 0 Å². The Morgan fingerprint density at radius 1 is 1.10 bits per heavy atom. The number of carbonyl (C=O) groups is 1. The van der Waals surface area contributed by atoms with Gasteiger partial charge in [0, 0.05) is 12.1 Å². The molecule has 20 heavy (non-hydrogen) atoms. The molecule has 2 unspecified atom stereocenters. The third-order valence-corrected chi connectivity index (χ3v) is 3.66. The average molecular weight is 269 g/mol. The molecule has 1 aliphatic carbocycles. The average Bonchev–Trinajstić information content (AvgIpc) is 2.76. The maximum atomic E-state index is 10.8. The number of carboxylic acids is 1. The summed E-state index contributed by atoms with van der Waals surface area (Å²) in [6, 6.07) is 14.4. The van der Waals surface area contributed by atoms with Gasteiger partial charge in [0.2, 0.25) is 0 Å². The van der Waals surface area contributed by atoms with Crippen molar-refractivity contribution >= 4 is 11.7 Å². The maximum absolute atomic E-state index is 10.8. The van der Waals surface area contributed by atoms with E-state index in [9.17, 15) is 9.90 Å². The molecule has 3 rings (SSSR count). The molecule has 0 saturated heterocycles. The fourth-order valence-corrected chi connectivity index (χ4v) is 2.64. The Balaban J connectivity index is 1.82. The molecule has 0 heterocycles. The van der Waals surface area contributed by atoms with Gasteiger partial charge in [0.05, 0.1) is 17.7 Å². The summed E-state index contributed by atoms with van der Waals surface area (Å²) in [6.45, 7) is 0. The van der Waals surface area contributed by atoms with E-state index in [4.69, 9.17) is 5.11 Å². The summed E-state index contributed by atoms with van der Waals surface area (Å²) in [5.74, 6) is -0.942. The normalized spacial score (nSPS) is 20.4. The van der Waals surface area contributed by atoms with Crippen LogP contribution in [0.1, 0.15) is 27.5 Å². The Kier molecular flexibility index (Phi) is 3.16. The number of hydrogen-bond donors (Lipinski definition) is 3. The zero-order valence-electron chi connectivity index (χ0n) is 10.8. The second-order valence-corrected chi connectivity index (χ2v) is 4.97. The lowest BCUT2D eigenvalue weighted by atomic mass is 10.1. The van der Waals surface area contributed by atoms with Crippen LogP contribution in [0.25, 0.3) is 0 Å². The molecule has 0 spiro atoms. The molecule has 0 aromatic heterocycles. The summed E-state index contributed by atoms with van der Waals surface area (Å²) in [5.41, 5.74) is 3.31. The molecule has 102 valence electrons. The van der Waals surface area contributed by atoms with Crippen molar-refractivity contribution in [2.75, 3.05) is 5.32 Å². The lowest BCUT2D eigenvalue weighted by Gasteiger charge is -2.19. The summed E-state index contributed by atoms with van der Waals surface area (Å²) in [4.78, 5) is 10.8. The van der Waals surface area contributed by atoms with Crippen LogP contribution < -0.4 is 5.32 Å². The van der Waals surface area contributed by atoms with Gasteiger partial charge in [-0.3, -0.25) is 0 Å². The molecule has 0 bridgehead atoms. The van der Waals surface area contributed by atoms with E-state index in [2.05, 4.69) is 5.32 Å². The van der Waals surface area contributed by atoms with E-state index in [1.807, 2.05) is 24.3 Å². The SMILES string of the molecule is O=C(O)c1ccc(NC2c3ccccc3CC2O)cc1. The quantitative estimate of drug-likeness (QED) is 0.800. The van der Waals surface area contributed by atoms with E-state index in [1.165, 1.54) is 0 Å². The molecule has 0 radical (unpaired) electrons. The van der Waals surface area contributed by atoms with E-state index >= 15 is 0 Å². The summed E-state index contributed by atoms with van der Waals surface area (Å²) in [6.07, 6.45) is 0.174. The predicted octanol–water partition coefficient (Wildman–Crippen LogP) is 2.46. The first kappa shape index (κ1) is 12.7. The fraction of sp³-hybridized carbons (Fsp3) is 0.188. The highest BCUT2D eigenvalue weighted by Gasteiger charge is 2.30. The largest absolute Gasteiger partial charge is 0.478 e. The highest BCUT2D eigenvalue weighted by atomic mass is 16.4. The van der Waals surface area contributed by atoms with Crippen molar-refractivity contribution < 1.29 is 15.0 Å². The van der Waals surface area contributed by atoms with Crippen molar-refractivity contribution in [2.24, 2.45) is 0 Å². The molecule has 0 saturated carbocycles. The number of aliphatic hydroxyl groups is 1. The number of hydrogen-bond acceptors (Lipinski definition) is 3. The second-order valence-electron chi connectivity index (χ2n) is 4.97. The Hall–Kier alpha value is -2.33. The number of nitrogens with one attached hydrogen (secondary N) is 1. The van der Waals surface area contributed by atoms with E-state index in [-0.39, 0.29) is 11.6 Å². The number of aliphatic hydroxyl groups excluding tert-OH is 1. The molecule has 0 amide bonds. The summed E-state index contributed by atoms with van der Waals surface area (Å²) in [5, 5.41) is 22.3. The number of aromatic carboxylic acids is 1. The number of benzene rings is 2. The predicted molar refractivity (Wildman–Crippen MR) is 75.9 cm³/mol. The first-order valence-corrected chi connectivity index (χ1v) is 6.51. The first-order valence-electron chi connectivity index (χ1n) is 6.51. The molecule has 4 nitrogen and oxygen atoms in total. The monoisotopic (exact) mass is 269 g/mol. The summed E-state index contributed by atoms with van der Waals surface area (Å²) >= 11 is 0. The molecular formula is C16H15NO3. The van der Waals surface area contributed by atoms with E-state index < -0.39 is 12.1 Å². The summed E-state index contributed by atoms with van der Waals surface area (Å²) < 4.78 is 0. The van der Waals surface area contributed by atoms with Crippen LogP contribution >= 0.6 is 0 Å². The third kappa shape index (κ3) is 2.26. The van der Waals surface area contributed by atoms with E-state index in [0.717, 1.165) is 16.8 Å². The Morgan fingerprint density at radius 3 is 2.50 bits per heavy atom. The highest BCUT2D eigenvalue weighted by Crippen LogP contribution is 2.33. The number of carboxylic acid groups (broad SMARTS) is 1. The minimum Gasteiger partial charge on any atom is -0.478 e. The van der Waals surface area contributed by atoms with Gasteiger partial charge in [-0.05, 0) is 35.4 Å². The first-order chi connectivity index (χ1) is 9.65. The van der Waals surface area contributed by atoms with Crippen molar-refractivity contribution in [1.29, 1.82) is 0 Å². The standard InChI is InChI=1S/C16H15NO3/c18-14-9-11-3-1-2-4-13(11)15(14)17-12-7-5-10(6-8-12)16(19)20/h1-8,14-15,17-18H,9H2,(H,19,20). The third-order valence-electron chi connectivity index (χ3n) is 3.66. The molecule has 1 aliphatic rings. The number of anilines is 1. The van der Waals surface area contributed by atoms with Crippen LogP contribution in [-0.4, -0.2) is 22.3 Å². The van der Waals surface area contributed by atoms with Gasteiger partial charge in [0.15, 0.2) is 0 Å². The zero-order valence-corrected chi connectivity index (χ0v) is 10.8. The van der Waals surface area contributed by atoms with E-state index in [0.29, 0.717) is 6.42 Å². The lowest BCUT2D eigenvalue weighted by Crippen LogP contribution is -2.21. The molecule has 4 heteroatoms. The van der Waals surface area contributed by atoms with Gasteiger partial charge in [0.1, 0.15) is 0 Å². The van der Waals surface area contributed by atoms with Crippen molar-refractivity contribution in [3.8, 4) is 0 Å². The van der Waals surface area contributed by atoms with Gasteiger partial charge in [-0.25, -0.2) is 4.79 Å². The van der Waals surface area contributed by atoms with Crippen molar-refractivity contribution in [1.82, 2.24) is 0 Å². The van der Waals surface area contributed by atoms with Crippen LogP contribution in [-0.2, 0) is 6.42 Å². The van der Waals surface area contributed by atoms with Crippen LogP contribution in [0.5, 0.6) is 0 Å². The van der Waals surface area contributed by atoms with Gasteiger partial charge in [-0.2, -0.15) is 0 Å². The second kappa shape index (κ2) is 4.98. The molecule has 0 fully saturated rings. The van der Waals surface area contributed by atoms with Crippen LogP contribution in [0.4, 0.5) is 5.69 Å².